The van der Waals surface area contributed by atoms with Crippen molar-refractivity contribution >= 4 is 11.7 Å². The van der Waals surface area contributed by atoms with Gasteiger partial charge >= 0.3 is 0 Å². The van der Waals surface area contributed by atoms with Gasteiger partial charge in [0.2, 0.25) is 0 Å². The van der Waals surface area contributed by atoms with Crippen LogP contribution in [0.5, 0.6) is 0 Å². The molecule has 0 aliphatic rings. The molecule has 0 spiro atoms. The van der Waals surface area contributed by atoms with Gasteiger partial charge in [-0.1, -0.05) is 36.4 Å². The molecule has 4 N–H and O–H groups in total. The second-order valence-corrected chi connectivity index (χ2v) is 7.76. The Kier molecular flexibility index (Phi) is 6.16. The summed E-state index contributed by atoms with van der Waals surface area (Å²) in [5.74, 6) is -1.12. The van der Waals surface area contributed by atoms with Gasteiger partial charge in [0.05, 0.1) is 29.8 Å². The van der Waals surface area contributed by atoms with E-state index in [1.165, 1.54) is 24.4 Å². The fourth-order valence-corrected chi connectivity index (χ4v) is 2.98. The largest absolute Gasteiger partial charge is 0.384 e. The smallest absolute Gasteiger partial charge is 0.254 e. The molecular weight excluding hydrogens is 395 g/mol. The van der Waals surface area contributed by atoms with Gasteiger partial charge < -0.3 is 11.1 Å². The highest BCUT2D eigenvalue weighted by atomic mass is 19.1. The highest BCUT2D eigenvalue weighted by Crippen LogP contribution is 2.22. The number of nitriles is 1. The van der Waals surface area contributed by atoms with E-state index < -0.39 is 11.2 Å². The number of halogens is 1. The molecule has 1 aromatic heterocycles. The van der Waals surface area contributed by atoms with Gasteiger partial charge in [-0.25, -0.2) is 4.39 Å². The monoisotopic (exact) mass is 418 g/mol. The van der Waals surface area contributed by atoms with Gasteiger partial charge in [-0.3, -0.25) is 14.9 Å². The molecule has 158 valence electrons. The first-order valence-corrected chi connectivity index (χ1v) is 9.64. The molecule has 3 aromatic rings. The van der Waals surface area contributed by atoms with Crippen molar-refractivity contribution in [3.63, 3.8) is 0 Å². The summed E-state index contributed by atoms with van der Waals surface area (Å²) >= 11 is 0. The average molecular weight is 418 g/mol. The summed E-state index contributed by atoms with van der Waals surface area (Å²) in [7, 11) is 0. The lowest BCUT2D eigenvalue weighted by Crippen LogP contribution is -2.23. The second kappa shape index (κ2) is 8.79. The van der Waals surface area contributed by atoms with Gasteiger partial charge in [0.15, 0.2) is 0 Å². The molecule has 0 radical (unpaired) electrons. The average Bonchev–Trinajstić information content (AvgIpc) is 3.21. The maximum atomic E-state index is 14.1. The molecule has 31 heavy (non-hydrogen) atoms. The topological polar surface area (TPSA) is 121 Å². The van der Waals surface area contributed by atoms with Crippen LogP contribution in [0.15, 0.2) is 54.9 Å². The Balaban J connectivity index is 1.61. The number of nitrogens with two attached hydrogens (primary N) is 1. The number of hydrogen-bond acceptors (Lipinski definition) is 4. The fraction of sp³-hybridized carbons (Fsp3) is 0.217. The molecule has 0 unspecified atom stereocenters. The van der Waals surface area contributed by atoms with Crippen molar-refractivity contribution in [3.05, 3.63) is 88.5 Å². The number of nitrogens with zero attached hydrogens (tertiary/aromatic N) is 3. The number of amides is 1. The molecule has 0 atom stereocenters. The van der Waals surface area contributed by atoms with Crippen molar-refractivity contribution < 1.29 is 9.18 Å². The van der Waals surface area contributed by atoms with Crippen molar-refractivity contribution in [2.45, 2.75) is 32.4 Å². The summed E-state index contributed by atoms with van der Waals surface area (Å²) < 4.78 is 15.7. The Bertz CT molecular complexity index is 1160. The number of benzene rings is 2. The summed E-state index contributed by atoms with van der Waals surface area (Å²) in [4.78, 5) is 12.4. The number of nitrogen functional groups attached to an aromatic ring is 1. The van der Waals surface area contributed by atoms with E-state index >= 15 is 0 Å². The predicted molar refractivity (Wildman–Crippen MR) is 115 cm³/mol. The van der Waals surface area contributed by atoms with E-state index in [1.54, 1.807) is 10.9 Å². The first kappa shape index (κ1) is 21.7. The van der Waals surface area contributed by atoms with Crippen molar-refractivity contribution in [1.29, 1.82) is 10.7 Å². The predicted octanol–water partition coefficient (Wildman–Crippen LogP) is 3.09. The highest BCUT2D eigenvalue weighted by molar-refractivity contribution is 5.95. The van der Waals surface area contributed by atoms with Crippen LogP contribution in [-0.4, -0.2) is 21.5 Å². The van der Waals surface area contributed by atoms with Crippen LogP contribution in [0.3, 0.4) is 0 Å². The minimum Gasteiger partial charge on any atom is -0.384 e. The Morgan fingerprint density at radius 1 is 1.26 bits per heavy atom. The molecule has 0 saturated carbocycles. The molecule has 8 heteroatoms. The van der Waals surface area contributed by atoms with Crippen LogP contribution in [0.25, 0.3) is 0 Å². The molecule has 1 amide bonds. The third-order valence-electron chi connectivity index (χ3n) is 5.00. The zero-order valence-electron chi connectivity index (χ0n) is 17.3. The summed E-state index contributed by atoms with van der Waals surface area (Å²) in [5, 5.41) is 23.4. The Hall–Kier alpha value is -3.99. The molecular formula is C23H23FN6O. The molecule has 0 aliphatic heterocycles. The maximum absolute atomic E-state index is 14.1. The molecule has 0 fully saturated rings. The maximum Gasteiger partial charge on any atom is 0.254 e. The number of aromatic nitrogens is 2. The third-order valence-corrected chi connectivity index (χ3v) is 5.00. The number of nitrogens with one attached hydrogen (secondary N) is 2. The van der Waals surface area contributed by atoms with E-state index in [0.717, 1.165) is 11.1 Å². The molecule has 2 aromatic carbocycles. The molecule has 3 rings (SSSR count). The SMILES string of the molecule is CC(C)(C#N)c1ccc(Cn2cc(C(=O)NCc3ccc(C(=N)N)cc3F)cn2)cc1. The van der Waals surface area contributed by atoms with Crippen LogP contribution in [0.4, 0.5) is 4.39 Å². The Labute approximate surface area is 179 Å². The van der Waals surface area contributed by atoms with Crippen molar-refractivity contribution in [2.75, 3.05) is 0 Å². The number of rotatable bonds is 7. The lowest BCUT2D eigenvalue weighted by atomic mass is 9.86. The van der Waals surface area contributed by atoms with Crippen LogP contribution in [0, 0.1) is 22.6 Å². The van der Waals surface area contributed by atoms with Crippen LogP contribution < -0.4 is 11.1 Å². The van der Waals surface area contributed by atoms with Gasteiger partial charge in [-0.05, 0) is 31.0 Å². The number of carbonyl (C=O) groups excluding carboxylic acids is 1. The molecule has 1 heterocycles. The molecule has 0 bridgehead atoms. The van der Waals surface area contributed by atoms with E-state index in [1.807, 2.05) is 38.1 Å². The van der Waals surface area contributed by atoms with E-state index in [4.69, 9.17) is 11.1 Å². The quantitative estimate of drug-likeness (QED) is 0.403. The zero-order chi connectivity index (χ0) is 22.6. The fourth-order valence-electron chi connectivity index (χ4n) is 2.98. The van der Waals surface area contributed by atoms with Gasteiger partial charge in [0, 0.05) is 23.9 Å². The normalized spacial score (nSPS) is 11.0. The Morgan fingerprint density at radius 3 is 2.58 bits per heavy atom. The lowest BCUT2D eigenvalue weighted by molar-refractivity contribution is 0.0950. The van der Waals surface area contributed by atoms with Gasteiger partial charge in [0.25, 0.3) is 5.91 Å². The summed E-state index contributed by atoms with van der Waals surface area (Å²) in [6.07, 6.45) is 3.08. The van der Waals surface area contributed by atoms with Crippen molar-refractivity contribution in [2.24, 2.45) is 5.73 Å². The van der Waals surface area contributed by atoms with Crippen LogP contribution in [0.2, 0.25) is 0 Å². The summed E-state index contributed by atoms with van der Waals surface area (Å²) in [6.45, 7) is 4.21. The van der Waals surface area contributed by atoms with Crippen LogP contribution in [0.1, 0.15) is 46.5 Å². The number of hydrogen-bond donors (Lipinski definition) is 3. The minimum atomic E-state index is -0.554. The van der Waals surface area contributed by atoms with Gasteiger partial charge in [0.1, 0.15) is 11.7 Å². The number of amidine groups is 1. The van der Waals surface area contributed by atoms with E-state index in [9.17, 15) is 14.4 Å². The van der Waals surface area contributed by atoms with E-state index in [2.05, 4.69) is 16.5 Å². The van der Waals surface area contributed by atoms with Crippen LogP contribution in [-0.2, 0) is 18.5 Å². The summed E-state index contributed by atoms with van der Waals surface area (Å²) in [6, 6.07) is 14.2. The molecule has 0 aliphatic carbocycles. The standard InChI is InChI=1S/C23H23FN6O/c1-23(2,14-25)19-7-3-15(4-8-19)12-30-13-18(11-29-30)22(31)28-10-17-6-5-16(21(26)27)9-20(17)24/h3-9,11,13H,10,12H2,1-2H3,(H3,26,27)(H,28,31). The number of carbonyl (C=O) groups is 1. The minimum absolute atomic E-state index is 0.00414. The third kappa shape index (κ3) is 5.14. The van der Waals surface area contributed by atoms with Gasteiger partial charge in [-0.15, -0.1) is 0 Å². The molecule has 0 saturated heterocycles. The van der Waals surface area contributed by atoms with Crippen molar-refractivity contribution in [3.8, 4) is 6.07 Å². The van der Waals surface area contributed by atoms with Gasteiger partial charge in [-0.2, -0.15) is 10.4 Å². The Morgan fingerprint density at radius 2 is 1.97 bits per heavy atom. The van der Waals surface area contributed by atoms with E-state index in [-0.39, 0.29) is 23.9 Å². The zero-order valence-corrected chi connectivity index (χ0v) is 17.3. The molecule has 7 nitrogen and oxygen atoms in total. The second-order valence-electron chi connectivity index (χ2n) is 7.76. The first-order valence-electron chi connectivity index (χ1n) is 9.64. The lowest BCUT2D eigenvalue weighted by Gasteiger charge is -2.15. The summed E-state index contributed by atoms with van der Waals surface area (Å²) in [5.41, 5.74) is 7.66. The van der Waals surface area contributed by atoms with E-state index in [0.29, 0.717) is 17.7 Å². The van der Waals surface area contributed by atoms with Crippen LogP contribution >= 0.6 is 0 Å². The highest BCUT2D eigenvalue weighted by Gasteiger charge is 2.19. The first-order chi connectivity index (χ1) is 14.7. The van der Waals surface area contributed by atoms with Crippen molar-refractivity contribution in [1.82, 2.24) is 15.1 Å².